The minimum atomic E-state index is -1.56. The summed E-state index contributed by atoms with van der Waals surface area (Å²) in [6, 6.07) is -1.28. The van der Waals surface area contributed by atoms with Gasteiger partial charge in [0.25, 0.3) is 0 Å². The molecule has 0 saturated carbocycles. The van der Waals surface area contributed by atoms with Crippen LogP contribution in [0, 0.1) is 0 Å². The number of rotatable bonds is 9. The fraction of sp³-hybridized carbons (Fsp3) is 0.810. The number of hydrogen-bond acceptors (Lipinski definition) is 10. The lowest BCUT2D eigenvalue weighted by atomic mass is 9.86. The Kier molecular flexibility index (Phi) is 10.0. The average molecular weight is 461 g/mol. The first-order valence-electron chi connectivity index (χ1n) is 10.9. The number of hydrogen-bond donors (Lipinski definition) is 6. The number of esters is 1. The first-order chi connectivity index (χ1) is 15.2. The summed E-state index contributed by atoms with van der Waals surface area (Å²) in [5, 5.41) is 45.9. The number of amides is 1. The van der Waals surface area contributed by atoms with E-state index >= 15 is 0 Å². The van der Waals surface area contributed by atoms with Crippen LogP contribution in [0.2, 0.25) is 0 Å². The minimum absolute atomic E-state index is 0.114. The van der Waals surface area contributed by atoms with Crippen molar-refractivity contribution in [2.75, 3.05) is 13.7 Å². The van der Waals surface area contributed by atoms with E-state index in [2.05, 4.69) is 10.6 Å². The van der Waals surface area contributed by atoms with Gasteiger partial charge in [-0.25, -0.2) is 4.79 Å². The normalized spacial score (nSPS) is 35.3. The van der Waals surface area contributed by atoms with E-state index in [1.807, 2.05) is 13.8 Å². The van der Waals surface area contributed by atoms with Crippen molar-refractivity contribution in [2.24, 2.45) is 0 Å². The molecule has 2 rings (SSSR count). The molecule has 2 unspecified atom stereocenters. The molecule has 0 bridgehead atoms. The molecule has 2 aliphatic rings. The molecule has 11 heteroatoms. The summed E-state index contributed by atoms with van der Waals surface area (Å²) in [6.45, 7) is 4.73. The molecule has 0 spiro atoms. The number of ether oxygens (including phenoxy) is 3. The highest BCUT2D eigenvalue weighted by Gasteiger charge is 2.46. The van der Waals surface area contributed by atoms with Crippen LogP contribution in [0.5, 0.6) is 0 Å². The Balaban J connectivity index is 2.35. The largest absolute Gasteiger partial charge is 0.466 e. The molecule has 0 aromatic carbocycles. The molecular weight excluding hydrogens is 424 g/mol. The number of carbonyl (C=O) groups is 2. The van der Waals surface area contributed by atoms with Gasteiger partial charge in [0.05, 0.1) is 32.0 Å². The third kappa shape index (κ3) is 6.25. The van der Waals surface area contributed by atoms with Gasteiger partial charge in [-0.05, 0) is 25.3 Å². The average Bonchev–Trinajstić information content (AvgIpc) is 2.78. The molecule has 11 nitrogen and oxygen atoms in total. The second kappa shape index (κ2) is 12.0. The van der Waals surface area contributed by atoms with Gasteiger partial charge >= 0.3 is 5.97 Å². The Hall–Kier alpha value is -1.60. The second-order valence-electron chi connectivity index (χ2n) is 8.18. The van der Waals surface area contributed by atoms with Crippen molar-refractivity contribution < 1.29 is 44.2 Å². The molecule has 1 amide bonds. The maximum Gasteiger partial charge on any atom is 0.333 e. The highest BCUT2D eigenvalue weighted by Crippen LogP contribution is 2.27. The van der Waals surface area contributed by atoms with Gasteiger partial charge in [-0.3, -0.25) is 10.1 Å². The van der Waals surface area contributed by atoms with Crippen molar-refractivity contribution in [3.05, 3.63) is 11.6 Å². The van der Waals surface area contributed by atoms with Gasteiger partial charge in [0.2, 0.25) is 5.91 Å². The SMILES string of the molecule is CCC(CC)O[C@@H]1C=C(C(=O)OC)CC(NC2O[C@@H](CO)[C@H](O)[C@@H](O)[C@@H]2O)[C@H]1NC(C)=O. The third-order valence-corrected chi connectivity index (χ3v) is 5.94. The Morgan fingerprint density at radius 1 is 1.19 bits per heavy atom. The van der Waals surface area contributed by atoms with Crippen LogP contribution < -0.4 is 10.6 Å². The fourth-order valence-corrected chi connectivity index (χ4v) is 4.10. The smallest absolute Gasteiger partial charge is 0.333 e. The van der Waals surface area contributed by atoms with E-state index in [1.54, 1.807) is 6.08 Å². The first-order valence-corrected chi connectivity index (χ1v) is 10.9. The van der Waals surface area contributed by atoms with E-state index in [-0.39, 0.29) is 18.4 Å². The monoisotopic (exact) mass is 460 g/mol. The summed E-state index contributed by atoms with van der Waals surface area (Å²) in [5.74, 6) is -0.867. The lowest BCUT2D eigenvalue weighted by Crippen LogP contribution is -2.67. The summed E-state index contributed by atoms with van der Waals surface area (Å²) in [5.41, 5.74) is 0.326. The standard InChI is InChI=1S/C21H36N2O9/c1-5-12(6-2)31-14-8-11(21(29)30-4)7-13(16(14)22-10(3)25)23-20-19(28)18(27)17(26)15(9-24)32-20/h8,12-20,23-24,26-28H,5-7,9H2,1-4H3,(H,22,25)/t13?,14-,15+,16-,17+,18-,19+,20?/m1/s1. The van der Waals surface area contributed by atoms with Crippen molar-refractivity contribution in [1.82, 2.24) is 10.6 Å². The van der Waals surface area contributed by atoms with Crippen LogP contribution in [0.4, 0.5) is 0 Å². The molecule has 8 atom stereocenters. The lowest BCUT2D eigenvalue weighted by molar-refractivity contribution is -0.239. The van der Waals surface area contributed by atoms with Crippen molar-refractivity contribution >= 4 is 11.9 Å². The van der Waals surface area contributed by atoms with Crippen LogP contribution in [0.25, 0.3) is 0 Å². The molecule has 6 N–H and O–H groups in total. The number of carbonyl (C=O) groups excluding carboxylic acids is 2. The molecule has 1 saturated heterocycles. The van der Waals surface area contributed by atoms with Gasteiger partial charge in [-0.15, -0.1) is 0 Å². The molecular formula is C21H36N2O9. The van der Waals surface area contributed by atoms with Gasteiger partial charge in [-0.1, -0.05) is 13.8 Å². The van der Waals surface area contributed by atoms with Crippen LogP contribution in [-0.2, 0) is 23.8 Å². The van der Waals surface area contributed by atoms with E-state index in [9.17, 15) is 30.0 Å². The van der Waals surface area contributed by atoms with E-state index in [1.165, 1.54) is 14.0 Å². The molecule has 0 radical (unpaired) electrons. The van der Waals surface area contributed by atoms with Gasteiger partial charge in [0, 0.05) is 18.5 Å². The van der Waals surface area contributed by atoms with Gasteiger partial charge in [-0.2, -0.15) is 0 Å². The molecule has 1 fully saturated rings. The van der Waals surface area contributed by atoms with Crippen molar-refractivity contribution in [1.29, 1.82) is 0 Å². The van der Waals surface area contributed by atoms with Crippen molar-refractivity contribution in [3.63, 3.8) is 0 Å². The first kappa shape index (κ1) is 26.7. The Labute approximate surface area is 187 Å². The molecule has 32 heavy (non-hydrogen) atoms. The van der Waals surface area contributed by atoms with Gasteiger partial charge in [0.15, 0.2) is 0 Å². The van der Waals surface area contributed by atoms with Crippen molar-refractivity contribution in [3.8, 4) is 0 Å². The maximum absolute atomic E-state index is 12.3. The van der Waals surface area contributed by atoms with Gasteiger partial charge < -0.3 is 40.0 Å². The molecule has 1 heterocycles. The number of methoxy groups -OCH3 is 1. The quantitative estimate of drug-likeness (QED) is 0.219. The Bertz CT molecular complexity index is 668. The molecule has 1 aliphatic carbocycles. The summed E-state index contributed by atoms with van der Waals surface area (Å²) in [7, 11) is 1.26. The highest BCUT2D eigenvalue weighted by atomic mass is 16.6. The van der Waals surface area contributed by atoms with E-state index in [4.69, 9.17) is 14.2 Å². The number of aliphatic hydroxyl groups is 4. The zero-order valence-electron chi connectivity index (χ0n) is 18.9. The van der Waals surface area contributed by atoms with Crippen LogP contribution >= 0.6 is 0 Å². The summed E-state index contributed by atoms with van der Waals surface area (Å²) in [6.07, 6.45) is -4.43. The summed E-state index contributed by atoms with van der Waals surface area (Å²) >= 11 is 0. The van der Waals surface area contributed by atoms with Crippen LogP contribution in [0.1, 0.15) is 40.0 Å². The second-order valence-corrected chi connectivity index (χ2v) is 8.18. The lowest BCUT2D eigenvalue weighted by Gasteiger charge is -2.44. The minimum Gasteiger partial charge on any atom is -0.466 e. The topological polar surface area (TPSA) is 167 Å². The number of nitrogens with one attached hydrogen (secondary N) is 2. The highest BCUT2D eigenvalue weighted by molar-refractivity contribution is 5.89. The van der Waals surface area contributed by atoms with Crippen LogP contribution in [-0.4, -0.2) is 101 Å². The van der Waals surface area contributed by atoms with Crippen LogP contribution in [0.3, 0.4) is 0 Å². The third-order valence-electron chi connectivity index (χ3n) is 5.94. The van der Waals surface area contributed by atoms with Gasteiger partial charge in [0.1, 0.15) is 30.6 Å². The summed E-state index contributed by atoms with van der Waals surface area (Å²) < 4.78 is 16.6. The van der Waals surface area contributed by atoms with E-state index in [0.29, 0.717) is 5.57 Å². The van der Waals surface area contributed by atoms with Crippen LogP contribution in [0.15, 0.2) is 11.6 Å². The Morgan fingerprint density at radius 2 is 1.84 bits per heavy atom. The summed E-state index contributed by atoms with van der Waals surface area (Å²) in [4.78, 5) is 24.3. The molecule has 0 aromatic heterocycles. The number of aliphatic hydroxyl groups excluding tert-OH is 4. The maximum atomic E-state index is 12.3. The Morgan fingerprint density at radius 3 is 2.38 bits per heavy atom. The predicted molar refractivity (Wildman–Crippen MR) is 112 cm³/mol. The zero-order chi connectivity index (χ0) is 24.0. The van der Waals surface area contributed by atoms with Crippen molar-refractivity contribution in [2.45, 2.75) is 95.0 Å². The molecule has 1 aliphatic heterocycles. The zero-order valence-corrected chi connectivity index (χ0v) is 18.9. The fourth-order valence-electron chi connectivity index (χ4n) is 4.10. The predicted octanol–water partition coefficient (Wildman–Crippen LogP) is -1.67. The molecule has 184 valence electrons. The molecule has 0 aromatic rings. The van der Waals surface area contributed by atoms with E-state index in [0.717, 1.165) is 12.8 Å². The van der Waals surface area contributed by atoms with E-state index < -0.39 is 61.4 Å².